The van der Waals surface area contributed by atoms with Crippen molar-refractivity contribution in [1.29, 1.82) is 0 Å². The fourth-order valence-electron chi connectivity index (χ4n) is 1.28. The summed E-state index contributed by atoms with van der Waals surface area (Å²) in [5.41, 5.74) is -0.323. The number of ether oxygens (including phenoxy) is 1. The van der Waals surface area contributed by atoms with Gasteiger partial charge in [-0.1, -0.05) is 0 Å². The number of benzene rings is 1. The Labute approximate surface area is 102 Å². The maximum atomic E-state index is 10.8. The van der Waals surface area contributed by atoms with Crippen molar-refractivity contribution in [3.63, 3.8) is 0 Å². The van der Waals surface area contributed by atoms with Gasteiger partial charge in [-0.25, -0.2) is 4.79 Å². The number of methoxy groups -OCH3 is 1. The molecule has 1 unspecified atom stereocenters. The van der Waals surface area contributed by atoms with Gasteiger partial charge in [0.2, 0.25) is 0 Å². The Morgan fingerprint density at radius 1 is 1.61 bits per heavy atom. The van der Waals surface area contributed by atoms with Crippen molar-refractivity contribution in [3.05, 3.63) is 28.3 Å². The van der Waals surface area contributed by atoms with Gasteiger partial charge in [-0.15, -0.1) is 0 Å². The first-order valence-electron chi connectivity index (χ1n) is 4.92. The lowest BCUT2D eigenvalue weighted by Crippen LogP contribution is -2.32. The third-order valence-corrected chi connectivity index (χ3v) is 2.21. The lowest BCUT2D eigenvalue weighted by Gasteiger charge is -2.13. The van der Waals surface area contributed by atoms with Gasteiger partial charge in [0.1, 0.15) is 17.5 Å². The van der Waals surface area contributed by atoms with Crippen LogP contribution in [0, 0.1) is 10.1 Å². The van der Waals surface area contributed by atoms with Crippen molar-refractivity contribution in [2.75, 3.05) is 19.0 Å². The number of nitrogens with zero attached hydrogens (tertiary/aromatic N) is 1. The number of hydrogen-bond acceptors (Lipinski definition) is 6. The van der Waals surface area contributed by atoms with Crippen LogP contribution in [0.4, 0.5) is 11.4 Å². The minimum Gasteiger partial charge on any atom is -0.496 e. The van der Waals surface area contributed by atoms with Crippen molar-refractivity contribution in [2.24, 2.45) is 0 Å². The molecule has 0 amide bonds. The highest BCUT2D eigenvalue weighted by Gasteiger charge is 2.21. The molecule has 8 nitrogen and oxygen atoms in total. The number of carboxylic acid groups (broad SMARTS) is 1. The fraction of sp³-hybridized carbons (Fsp3) is 0.300. The fourth-order valence-corrected chi connectivity index (χ4v) is 1.28. The Balaban J connectivity index is 3.08. The molecule has 1 rings (SSSR count). The SMILES string of the molecule is COc1ccc(NC(CO)C(=O)O)c([N+](=O)[O-])c1. The molecule has 0 spiro atoms. The monoisotopic (exact) mass is 256 g/mol. The van der Waals surface area contributed by atoms with E-state index in [0.717, 1.165) is 0 Å². The second-order valence-corrected chi connectivity index (χ2v) is 3.36. The summed E-state index contributed by atoms with van der Waals surface area (Å²) in [6, 6.07) is 2.63. The van der Waals surface area contributed by atoms with E-state index < -0.39 is 23.5 Å². The Hall–Kier alpha value is -2.35. The summed E-state index contributed by atoms with van der Waals surface area (Å²) in [4.78, 5) is 20.9. The molecule has 0 fully saturated rings. The first kappa shape index (κ1) is 13.7. The van der Waals surface area contributed by atoms with Gasteiger partial charge in [0.15, 0.2) is 0 Å². The van der Waals surface area contributed by atoms with E-state index in [0.29, 0.717) is 0 Å². The summed E-state index contributed by atoms with van der Waals surface area (Å²) in [5.74, 6) is -1.02. The molecule has 0 aliphatic carbocycles. The quantitative estimate of drug-likeness (QED) is 0.499. The molecule has 1 aromatic carbocycles. The predicted octanol–water partition coefficient (Wildman–Crippen LogP) is 0.461. The highest BCUT2D eigenvalue weighted by molar-refractivity contribution is 5.79. The van der Waals surface area contributed by atoms with E-state index in [1.807, 2.05) is 0 Å². The average Bonchev–Trinajstić information content (AvgIpc) is 2.35. The van der Waals surface area contributed by atoms with Gasteiger partial charge in [0.25, 0.3) is 5.69 Å². The number of aliphatic hydroxyl groups excluding tert-OH is 1. The van der Waals surface area contributed by atoms with E-state index in [9.17, 15) is 14.9 Å². The van der Waals surface area contributed by atoms with E-state index >= 15 is 0 Å². The van der Waals surface area contributed by atoms with E-state index in [1.54, 1.807) is 0 Å². The summed E-state index contributed by atoms with van der Waals surface area (Å²) < 4.78 is 4.84. The summed E-state index contributed by atoms with van der Waals surface area (Å²) in [7, 11) is 1.36. The maximum absolute atomic E-state index is 10.8. The molecule has 3 N–H and O–H groups in total. The molecule has 0 saturated carbocycles. The number of carbonyl (C=O) groups is 1. The molecular formula is C10H12N2O6. The molecule has 18 heavy (non-hydrogen) atoms. The number of nitro benzene ring substituents is 1. The Morgan fingerprint density at radius 3 is 2.72 bits per heavy atom. The molecular weight excluding hydrogens is 244 g/mol. The first-order valence-corrected chi connectivity index (χ1v) is 4.92. The summed E-state index contributed by atoms with van der Waals surface area (Å²) in [5, 5.41) is 30.8. The third kappa shape index (κ3) is 3.08. The Kier molecular flexibility index (Phi) is 4.44. The van der Waals surface area contributed by atoms with E-state index in [2.05, 4.69) is 5.32 Å². The van der Waals surface area contributed by atoms with Crippen molar-refractivity contribution >= 4 is 17.3 Å². The molecule has 8 heteroatoms. The van der Waals surface area contributed by atoms with E-state index in [4.69, 9.17) is 14.9 Å². The maximum Gasteiger partial charge on any atom is 0.328 e. The standard InChI is InChI=1S/C10H12N2O6/c1-18-6-2-3-7(9(4-6)12(16)17)11-8(5-13)10(14)15/h2-4,8,11,13H,5H2,1H3,(H,14,15). The van der Waals surface area contributed by atoms with Crippen LogP contribution in [0.1, 0.15) is 0 Å². The average molecular weight is 256 g/mol. The van der Waals surface area contributed by atoms with Crippen molar-refractivity contribution in [2.45, 2.75) is 6.04 Å². The number of aliphatic hydroxyl groups is 1. The van der Waals surface area contributed by atoms with Crippen molar-refractivity contribution in [3.8, 4) is 5.75 Å². The lowest BCUT2D eigenvalue weighted by molar-refractivity contribution is -0.384. The highest BCUT2D eigenvalue weighted by atomic mass is 16.6. The van der Waals surface area contributed by atoms with Gasteiger partial charge in [0, 0.05) is 0 Å². The van der Waals surface area contributed by atoms with Gasteiger partial charge in [-0.05, 0) is 12.1 Å². The number of nitrogens with one attached hydrogen (secondary N) is 1. The molecule has 0 aromatic heterocycles. The van der Waals surface area contributed by atoms with Gasteiger partial charge < -0.3 is 20.3 Å². The smallest absolute Gasteiger partial charge is 0.328 e. The van der Waals surface area contributed by atoms with Crippen molar-refractivity contribution < 1.29 is 24.7 Å². The summed E-state index contributed by atoms with van der Waals surface area (Å²) in [6.45, 7) is -0.682. The first-order chi connectivity index (χ1) is 8.49. The van der Waals surface area contributed by atoms with Crippen LogP contribution in [-0.4, -0.2) is 40.9 Å². The normalized spacial score (nSPS) is 11.7. The predicted molar refractivity (Wildman–Crippen MR) is 61.8 cm³/mol. The minimum absolute atomic E-state index is 0.00208. The van der Waals surface area contributed by atoms with E-state index in [-0.39, 0.29) is 17.1 Å². The zero-order chi connectivity index (χ0) is 13.7. The molecule has 0 radical (unpaired) electrons. The second-order valence-electron chi connectivity index (χ2n) is 3.36. The van der Waals surface area contributed by atoms with Gasteiger partial charge in [-0.3, -0.25) is 10.1 Å². The number of nitro groups is 1. The van der Waals surface area contributed by atoms with Crippen molar-refractivity contribution in [1.82, 2.24) is 0 Å². The third-order valence-electron chi connectivity index (χ3n) is 2.21. The molecule has 1 atom stereocenters. The second kappa shape index (κ2) is 5.82. The summed E-state index contributed by atoms with van der Waals surface area (Å²) in [6.07, 6.45) is 0. The molecule has 0 bridgehead atoms. The summed E-state index contributed by atoms with van der Waals surface area (Å²) >= 11 is 0. The molecule has 1 aromatic rings. The van der Waals surface area contributed by atoms with Crippen LogP contribution >= 0.6 is 0 Å². The molecule has 0 aliphatic heterocycles. The number of carboxylic acids is 1. The minimum atomic E-state index is -1.31. The number of rotatable bonds is 6. The molecule has 0 heterocycles. The van der Waals surface area contributed by atoms with Crippen LogP contribution in [-0.2, 0) is 4.79 Å². The molecule has 0 aliphatic rings. The van der Waals surface area contributed by atoms with Crippen LogP contribution in [0.15, 0.2) is 18.2 Å². The Morgan fingerprint density at radius 2 is 2.28 bits per heavy atom. The van der Waals surface area contributed by atoms with Crippen LogP contribution in [0.3, 0.4) is 0 Å². The van der Waals surface area contributed by atoms with Crippen LogP contribution < -0.4 is 10.1 Å². The van der Waals surface area contributed by atoms with Crippen LogP contribution in [0.2, 0.25) is 0 Å². The Bertz CT molecular complexity index is 462. The lowest BCUT2D eigenvalue weighted by atomic mass is 10.2. The molecule has 98 valence electrons. The largest absolute Gasteiger partial charge is 0.496 e. The zero-order valence-corrected chi connectivity index (χ0v) is 9.49. The zero-order valence-electron chi connectivity index (χ0n) is 9.49. The van der Waals surface area contributed by atoms with Gasteiger partial charge in [0.05, 0.1) is 24.7 Å². The van der Waals surface area contributed by atoms with Gasteiger partial charge >= 0.3 is 5.97 Å². The van der Waals surface area contributed by atoms with Crippen LogP contribution in [0.25, 0.3) is 0 Å². The number of hydrogen-bond donors (Lipinski definition) is 3. The number of aliphatic carboxylic acids is 1. The highest BCUT2D eigenvalue weighted by Crippen LogP contribution is 2.29. The molecule has 0 saturated heterocycles. The van der Waals surface area contributed by atoms with Crippen LogP contribution in [0.5, 0.6) is 5.75 Å². The number of anilines is 1. The van der Waals surface area contributed by atoms with Gasteiger partial charge in [-0.2, -0.15) is 0 Å². The topological polar surface area (TPSA) is 122 Å². The van der Waals surface area contributed by atoms with E-state index in [1.165, 1.54) is 25.3 Å².